The molecule has 0 aromatic heterocycles. The largest absolute Gasteiger partial charge is 0.316 e. The van der Waals surface area contributed by atoms with Crippen LogP contribution in [0.15, 0.2) is 0 Å². The lowest BCUT2D eigenvalue weighted by Crippen LogP contribution is -2.29. The van der Waals surface area contributed by atoms with Crippen LogP contribution in [0.4, 0.5) is 0 Å². The molecule has 1 nitrogen and oxygen atoms in total. The van der Waals surface area contributed by atoms with Crippen LogP contribution < -0.4 is 5.32 Å². The van der Waals surface area contributed by atoms with Crippen molar-refractivity contribution in [2.24, 2.45) is 5.92 Å². The number of hydrogen-bond acceptors (Lipinski definition) is 2. The Hall–Kier alpha value is 0.310. The van der Waals surface area contributed by atoms with E-state index in [1.807, 2.05) is 0 Å². The van der Waals surface area contributed by atoms with Gasteiger partial charge in [-0.3, -0.25) is 0 Å². The average Bonchev–Trinajstić information content (AvgIpc) is 2.14. The van der Waals surface area contributed by atoms with E-state index in [1.54, 1.807) is 0 Å². The van der Waals surface area contributed by atoms with Gasteiger partial charge < -0.3 is 5.32 Å². The van der Waals surface area contributed by atoms with Crippen LogP contribution >= 0.6 is 11.8 Å². The van der Waals surface area contributed by atoms with Gasteiger partial charge >= 0.3 is 0 Å². The van der Waals surface area contributed by atoms with Gasteiger partial charge in [-0.1, -0.05) is 6.92 Å². The molecule has 0 spiro atoms. The molecule has 0 bridgehead atoms. The maximum Gasteiger partial charge on any atom is -0.00202 e. The zero-order valence-electron chi connectivity index (χ0n) is 8.14. The minimum Gasteiger partial charge on any atom is -0.316 e. The molecule has 1 N–H and O–H groups in total. The van der Waals surface area contributed by atoms with E-state index in [-0.39, 0.29) is 0 Å². The molecular formula is C10H21NS. The van der Waals surface area contributed by atoms with Gasteiger partial charge in [0.2, 0.25) is 0 Å². The SMILES string of the molecule is CCCSCCC1CCCNC1. The molecule has 1 aliphatic heterocycles. The lowest BCUT2D eigenvalue weighted by molar-refractivity contribution is 0.371. The Morgan fingerprint density at radius 3 is 3.00 bits per heavy atom. The van der Waals surface area contributed by atoms with E-state index in [1.165, 1.54) is 50.3 Å². The van der Waals surface area contributed by atoms with Gasteiger partial charge in [-0.15, -0.1) is 0 Å². The van der Waals surface area contributed by atoms with E-state index in [0.717, 1.165) is 5.92 Å². The second-order valence-corrected chi connectivity index (χ2v) is 4.84. The highest BCUT2D eigenvalue weighted by Gasteiger charge is 2.11. The fraction of sp³-hybridized carbons (Fsp3) is 1.00. The number of nitrogens with one attached hydrogen (secondary N) is 1. The summed E-state index contributed by atoms with van der Waals surface area (Å²) in [5.41, 5.74) is 0. The minimum absolute atomic E-state index is 0.975. The summed E-state index contributed by atoms with van der Waals surface area (Å²) < 4.78 is 0. The molecule has 0 aromatic rings. The smallest absolute Gasteiger partial charge is 0.00202 e. The number of hydrogen-bond donors (Lipinski definition) is 1. The van der Waals surface area contributed by atoms with Gasteiger partial charge in [-0.2, -0.15) is 11.8 Å². The van der Waals surface area contributed by atoms with E-state index >= 15 is 0 Å². The molecule has 1 heterocycles. The van der Waals surface area contributed by atoms with Crippen LogP contribution in [0.1, 0.15) is 32.6 Å². The van der Waals surface area contributed by atoms with Crippen molar-refractivity contribution in [2.45, 2.75) is 32.6 Å². The molecule has 1 aliphatic rings. The lowest BCUT2D eigenvalue weighted by atomic mass is 9.97. The summed E-state index contributed by atoms with van der Waals surface area (Å²) in [6.45, 7) is 4.78. The summed E-state index contributed by atoms with van der Waals surface area (Å²) in [5, 5.41) is 3.47. The minimum atomic E-state index is 0.975. The van der Waals surface area contributed by atoms with Crippen LogP contribution in [0.25, 0.3) is 0 Å². The number of rotatable bonds is 5. The maximum absolute atomic E-state index is 3.47. The standard InChI is InChI=1S/C10H21NS/c1-2-7-12-8-5-10-4-3-6-11-9-10/h10-11H,2-9H2,1H3. The second kappa shape index (κ2) is 6.79. The molecule has 1 rings (SSSR count). The summed E-state index contributed by atoms with van der Waals surface area (Å²) in [4.78, 5) is 0. The third-order valence-corrected chi connectivity index (χ3v) is 3.64. The average molecular weight is 187 g/mol. The van der Waals surface area contributed by atoms with Crippen LogP contribution in [0, 0.1) is 5.92 Å². The summed E-state index contributed by atoms with van der Waals surface area (Å²) in [7, 11) is 0. The van der Waals surface area contributed by atoms with Crippen LogP contribution in [0.2, 0.25) is 0 Å². The molecule has 0 radical (unpaired) electrons. The molecule has 0 amide bonds. The van der Waals surface area contributed by atoms with Crippen molar-refractivity contribution in [1.29, 1.82) is 0 Å². The van der Waals surface area contributed by atoms with Gasteiger partial charge in [0, 0.05) is 0 Å². The molecule has 2 heteroatoms. The van der Waals surface area contributed by atoms with Gasteiger partial charge in [0.15, 0.2) is 0 Å². The zero-order chi connectivity index (χ0) is 8.65. The highest BCUT2D eigenvalue weighted by atomic mass is 32.2. The summed E-state index contributed by atoms with van der Waals surface area (Å²) in [5.74, 6) is 3.70. The molecule has 1 fully saturated rings. The van der Waals surface area contributed by atoms with Crippen LogP contribution in [0.5, 0.6) is 0 Å². The monoisotopic (exact) mass is 187 g/mol. The Labute approximate surface area is 80.7 Å². The fourth-order valence-electron chi connectivity index (χ4n) is 1.67. The first-order valence-electron chi connectivity index (χ1n) is 5.22. The van der Waals surface area contributed by atoms with Crippen molar-refractivity contribution >= 4 is 11.8 Å². The van der Waals surface area contributed by atoms with Crippen molar-refractivity contribution in [3.8, 4) is 0 Å². The first kappa shape index (κ1) is 10.4. The maximum atomic E-state index is 3.47. The first-order chi connectivity index (χ1) is 5.93. The molecule has 12 heavy (non-hydrogen) atoms. The van der Waals surface area contributed by atoms with Crippen LogP contribution in [-0.2, 0) is 0 Å². The predicted molar refractivity (Wildman–Crippen MR) is 57.8 cm³/mol. The molecular weight excluding hydrogens is 166 g/mol. The Morgan fingerprint density at radius 2 is 2.33 bits per heavy atom. The van der Waals surface area contributed by atoms with Gasteiger partial charge in [0.1, 0.15) is 0 Å². The van der Waals surface area contributed by atoms with Crippen molar-refractivity contribution in [1.82, 2.24) is 5.32 Å². The summed E-state index contributed by atoms with van der Waals surface area (Å²) in [6.07, 6.45) is 5.61. The van der Waals surface area contributed by atoms with Gasteiger partial charge in [0.25, 0.3) is 0 Å². The number of piperidine rings is 1. The highest BCUT2D eigenvalue weighted by molar-refractivity contribution is 7.99. The van der Waals surface area contributed by atoms with Crippen LogP contribution in [0.3, 0.4) is 0 Å². The van der Waals surface area contributed by atoms with Gasteiger partial charge in [-0.05, 0) is 56.2 Å². The van der Waals surface area contributed by atoms with E-state index in [0.29, 0.717) is 0 Å². The summed E-state index contributed by atoms with van der Waals surface area (Å²) >= 11 is 2.12. The van der Waals surface area contributed by atoms with Crippen molar-refractivity contribution in [2.75, 3.05) is 24.6 Å². The lowest BCUT2D eigenvalue weighted by Gasteiger charge is -2.22. The zero-order valence-corrected chi connectivity index (χ0v) is 8.96. The van der Waals surface area contributed by atoms with E-state index < -0.39 is 0 Å². The van der Waals surface area contributed by atoms with Gasteiger partial charge in [0.05, 0.1) is 0 Å². The predicted octanol–water partition coefficient (Wildman–Crippen LogP) is 2.52. The topological polar surface area (TPSA) is 12.0 Å². The van der Waals surface area contributed by atoms with Gasteiger partial charge in [-0.25, -0.2) is 0 Å². The molecule has 1 atom stereocenters. The Kier molecular flexibility index (Phi) is 5.88. The van der Waals surface area contributed by atoms with Crippen LogP contribution in [-0.4, -0.2) is 24.6 Å². The first-order valence-corrected chi connectivity index (χ1v) is 6.37. The molecule has 0 saturated carbocycles. The van der Waals surface area contributed by atoms with E-state index in [4.69, 9.17) is 0 Å². The van der Waals surface area contributed by atoms with E-state index in [9.17, 15) is 0 Å². The molecule has 0 aromatic carbocycles. The molecule has 0 aliphatic carbocycles. The Bertz CT molecular complexity index is 100. The second-order valence-electron chi connectivity index (χ2n) is 3.61. The highest BCUT2D eigenvalue weighted by Crippen LogP contribution is 2.17. The molecule has 1 unspecified atom stereocenters. The molecule has 1 saturated heterocycles. The third-order valence-electron chi connectivity index (χ3n) is 2.42. The quantitative estimate of drug-likeness (QED) is 0.664. The normalized spacial score (nSPS) is 24.2. The Morgan fingerprint density at radius 1 is 1.42 bits per heavy atom. The number of thioether (sulfide) groups is 1. The fourth-order valence-corrected chi connectivity index (χ4v) is 2.66. The summed E-state index contributed by atoms with van der Waals surface area (Å²) in [6, 6.07) is 0. The molecule has 72 valence electrons. The van der Waals surface area contributed by atoms with Crippen molar-refractivity contribution in [3.63, 3.8) is 0 Å². The Balaban J connectivity index is 1.91. The third kappa shape index (κ3) is 4.36. The van der Waals surface area contributed by atoms with Crippen molar-refractivity contribution in [3.05, 3.63) is 0 Å². The van der Waals surface area contributed by atoms with E-state index in [2.05, 4.69) is 24.0 Å². The van der Waals surface area contributed by atoms with Crippen molar-refractivity contribution < 1.29 is 0 Å².